The summed E-state index contributed by atoms with van der Waals surface area (Å²) in [5.41, 5.74) is 1.85. The summed E-state index contributed by atoms with van der Waals surface area (Å²) in [5, 5.41) is 13.2. The summed E-state index contributed by atoms with van der Waals surface area (Å²) in [7, 11) is 0. The van der Waals surface area contributed by atoms with Crippen LogP contribution in [0.3, 0.4) is 0 Å². The number of guanidine groups is 1. The molecule has 3 N–H and O–H groups in total. The molecule has 0 radical (unpaired) electrons. The minimum Gasteiger partial charge on any atom is -0.357 e. The average molecular weight is 536 g/mol. The first-order chi connectivity index (χ1) is 13.1. The lowest BCUT2D eigenvalue weighted by molar-refractivity contribution is -0.116. The van der Waals surface area contributed by atoms with Crippen LogP contribution < -0.4 is 16.0 Å². The second kappa shape index (κ2) is 13.7. The van der Waals surface area contributed by atoms with Gasteiger partial charge in [0.15, 0.2) is 5.96 Å². The molecule has 0 aliphatic carbocycles. The van der Waals surface area contributed by atoms with Crippen molar-refractivity contribution in [3.05, 3.63) is 45.4 Å². The van der Waals surface area contributed by atoms with Crippen molar-refractivity contribution in [2.24, 2.45) is 4.99 Å². The highest BCUT2D eigenvalue weighted by Gasteiger charge is 2.03. The number of carbonyl (C=O) groups is 1. The Bertz CT molecular complexity index is 751. The van der Waals surface area contributed by atoms with Gasteiger partial charge in [-0.15, -0.1) is 35.3 Å². The van der Waals surface area contributed by atoms with Crippen LogP contribution in [0, 0.1) is 6.92 Å². The molecule has 2 aromatic rings. The number of hydrogen-bond donors (Lipinski definition) is 3. The van der Waals surface area contributed by atoms with Crippen molar-refractivity contribution >= 4 is 64.5 Å². The number of anilines is 1. The van der Waals surface area contributed by atoms with Gasteiger partial charge < -0.3 is 16.0 Å². The highest BCUT2D eigenvalue weighted by atomic mass is 127. The number of thiazole rings is 1. The third kappa shape index (κ3) is 9.70. The van der Waals surface area contributed by atoms with Crippen LogP contribution in [0.2, 0.25) is 5.02 Å². The second-order valence-corrected chi connectivity index (χ2v) is 7.45. The van der Waals surface area contributed by atoms with Crippen LogP contribution in [0.1, 0.15) is 30.5 Å². The Kier molecular flexibility index (Phi) is 12.1. The van der Waals surface area contributed by atoms with Crippen molar-refractivity contribution in [3.63, 3.8) is 0 Å². The van der Waals surface area contributed by atoms with Gasteiger partial charge in [0.05, 0.1) is 10.7 Å². The Hall–Kier alpha value is -1.39. The van der Waals surface area contributed by atoms with Crippen LogP contribution in [-0.4, -0.2) is 36.5 Å². The van der Waals surface area contributed by atoms with E-state index in [4.69, 9.17) is 11.6 Å². The summed E-state index contributed by atoms with van der Waals surface area (Å²) in [5.74, 6) is 0.743. The maximum atomic E-state index is 12.0. The van der Waals surface area contributed by atoms with E-state index >= 15 is 0 Å². The number of aliphatic imine (C=N–C) groups is 1. The number of aryl methyl sites for hydroxylation is 1. The summed E-state index contributed by atoms with van der Waals surface area (Å²) in [4.78, 5) is 20.9. The number of carbonyl (C=O) groups excluding carboxylic acids is 1. The molecule has 0 atom stereocenters. The standard InChI is InChI=1S/C19H26ClN5OS.HI/c1-3-21-19(23-12-10-17-13-27-14(2)24-17)22-11-4-5-18(26)25-16-8-6-15(20)7-9-16;/h6-9,13H,3-5,10-12H2,1-2H3,(H,25,26)(H2,21,22,23);1H. The molecule has 0 aliphatic heterocycles. The van der Waals surface area contributed by atoms with E-state index in [-0.39, 0.29) is 29.9 Å². The van der Waals surface area contributed by atoms with E-state index in [1.54, 1.807) is 35.6 Å². The molecule has 0 fully saturated rings. The van der Waals surface area contributed by atoms with Crippen molar-refractivity contribution in [3.8, 4) is 0 Å². The van der Waals surface area contributed by atoms with Gasteiger partial charge in [0.1, 0.15) is 0 Å². The first kappa shape index (κ1) is 24.6. The SMILES string of the molecule is CCNC(=NCCCC(=O)Nc1ccc(Cl)cc1)NCCc1csc(C)n1.I. The molecule has 1 amide bonds. The third-order valence-corrected chi connectivity index (χ3v) is 4.72. The van der Waals surface area contributed by atoms with Crippen LogP contribution in [0.25, 0.3) is 0 Å². The molecule has 1 aromatic carbocycles. The van der Waals surface area contributed by atoms with E-state index in [0.29, 0.717) is 24.4 Å². The topological polar surface area (TPSA) is 78.4 Å². The molecular weight excluding hydrogens is 509 g/mol. The molecule has 0 saturated carbocycles. The fraction of sp³-hybridized carbons (Fsp3) is 0.421. The number of nitrogens with zero attached hydrogens (tertiary/aromatic N) is 2. The van der Waals surface area contributed by atoms with E-state index in [0.717, 1.165) is 41.9 Å². The lowest BCUT2D eigenvalue weighted by Crippen LogP contribution is -2.38. The Morgan fingerprint density at radius 1 is 1.25 bits per heavy atom. The Balaban J connectivity index is 0.00000392. The van der Waals surface area contributed by atoms with E-state index in [9.17, 15) is 4.79 Å². The predicted octanol–water partition coefficient (Wildman–Crippen LogP) is 4.24. The van der Waals surface area contributed by atoms with E-state index in [1.165, 1.54) is 0 Å². The molecule has 6 nitrogen and oxygen atoms in total. The van der Waals surface area contributed by atoms with Gasteiger partial charge in [0.2, 0.25) is 5.91 Å². The summed E-state index contributed by atoms with van der Waals surface area (Å²) in [6.45, 7) is 6.18. The zero-order chi connectivity index (χ0) is 19.5. The Morgan fingerprint density at radius 2 is 2.00 bits per heavy atom. The molecule has 9 heteroatoms. The highest BCUT2D eigenvalue weighted by molar-refractivity contribution is 14.0. The third-order valence-electron chi connectivity index (χ3n) is 3.64. The Morgan fingerprint density at radius 3 is 2.64 bits per heavy atom. The molecule has 154 valence electrons. The fourth-order valence-corrected chi connectivity index (χ4v) is 3.13. The highest BCUT2D eigenvalue weighted by Crippen LogP contribution is 2.13. The van der Waals surface area contributed by atoms with E-state index < -0.39 is 0 Å². The van der Waals surface area contributed by atoms with Gasteiger partial charge in [-0.2, -0.15) is 0 Å². The number of amides is 1. The Labute approximate surface area is 192 Å². The summed E-state index contributed by atoms with van der Waals surface area (Å²) >= 11 is 7.50. The van der Waals surface area contributed by atoms with Crippen LogP contribution >= 0.6 is 46.9 Å². The average Bonchev–Trinajstić information content (AvgIpc) is 3.06. The minimum absolute atomic E-state index is 0. The molecule has 0 aliphatic rings. The lowest BCUT2D eigenvalue weighted by atomic mass is 10.2. The number of nitrogens with one attached hydrogen (secondary N) is 3. The van der Waals surface area contributed by atoms with Gasteiger partial charge in [0, 0.05) is 48.6 Å². The first-order valence-corrected chi connectivity index (χ1v) is 10.3. The molecular formula is C19H27ClIN5OS. The van der Waals surface area contributed by atoms with Crippen LogP contribution in [0.15, 0.2) is 34.6 Å². The molecule has 0 bridgehead atoms. The van der Waals surface area contributed by atoms with Gasteiger partial charge in [-0.25, -0.2) is 4.98 Å². The smallest absolute Gasteiger partial charge is 0.224 e. The monoisotopic (exact) mass is 535 g/mol. The van der Waals surface area contributed by atoms with Crippen LogP contribution in [0.4, 0.5) is 5.69 Å². The molecule has 0 saturated heterocycles. The molecule has 1 heterocycles. The van der Waals surface area contributed by atoms with Crippen molar-refractivity contribution in [1.29, 1.82) is 0 Å². The largest absolute Gasteiger partial charge is 0.357 e. The molecule has 0 spiro atoms. The zero-order valence-corrected chi connectivity index (χ0v) is 20.0. The van der Waals surface area contributed by atoms with Crippen molar-refractivity contribution in [2.45, 2.75) is 33.1 Å². The molecule has 0 unspecified atom stereocenters. The number of halogens is 2. The normalized spacial score (nSPS) is 10.9. The van der Waals surface area contributed by atoms with Crippen LogP contribution in [-0.2, 0) is 11.2 Å². The fourth-order valence-electron chi connectivity index (χ4n) is 2.36. The molecule has 2 rings (SSSR count). The van der Waals surface area contributed by atoms with Crippen molar-refractivity contribution < 1.29 is 4.79 Å². The molecule has 28 heavy (non-hydrogen) atoms. The summed E-state index contributed by atoms with van der Waals surface area (Å²) in [6.07, 6.45) is 1.96. The number of benzene rings is 1. The van der Waals surface area contributed by atoms with E-state index in [1.807, 2.05) is 13.8 Å². The number of rotatable bonds is 9. The maximum Gasteiger partial charge on any atom is 0.224 e. The van der Waals surface area contributed by atoms with Crippen LogP contribution in [0.5, 0.6) is 0 Å². The van der Waals surface area contributed by atoms with Crippen molar-refractivity contribution in [2.75, 3.05) is 25.0 Å². The van der Waals surface area contributed by atoms with Gasteiger partial charge in [-0.3, -0.25) is 9.79 Å². The zero-order valence-electron chi connectivity index (χ0n) is 16.1. The second-order valence-electron chi connectivity index (χ2n) is 5.95. The van der Waals surface area contributed by atoms with E-state index in [2.05, 4.69) is 31.3 Å². The summed E-state index contributed by atoms with van der Waals surface area (Å²) in [6, 6.07) is 7.08. The quantitative estimate of drug-likeness (QED) is 0.194. The lowest BCUT2D eigenvalue weighted by Gasteiger charge is -2.10. The maximum absolute atomic E-state index is 12.0. The number of aromatic nitrogens is 1. The van der Waals surface area contributed by atoms with Gasteiger partial charge >= 0.3 is 0 Å². The predicted molar refractivity (Wildman–Crippen MR) is 129 cm³/mol. The van der Waals surface area contributed by atoms with Gasteiger partial charge in [-0.1, -0.05) is 11.6 Å². The van der Waals surface area contributed by atoms with Gasteiger partial charge in [-0.05, 0) is 44.5 Å². The first-order valence-electron chi connectivity index (χ1n) is 9.05. The van der Waals surface area contributed by atoms with Gasteiger partial charge in [0.25, 0.3) is 0 Å². The number of hydrogen-bond acceptors (Lipinski definition) is 4. The van der Waals surface area contributed by atoms with Crippen molar-refractivity contribution in [1.82, 2.24) is 15.6 Å². The minimum atomic E-state index is -0.0237. The summed E-state index contributed by atoms with van der Waals surface area (Å²) < 4.78 is 0. The molecule has 1 aromatic heterocycles.